The van der Waals surface area contributed by atoms with Gasteiger partial charge in [0.15, 0.2) is 11.6 Å². The standard InChI is InChI=1S/C42H48N2O9/c1-41(2,3)52-39(49)43-33(25-27-17-21-31(45)22-18-27)35(47)37(29-13-9-7-10-14-29)51-38(30-15-11-8-12-16-30)36(48)34(44-40(50)53-42(4,5)6)26-28-19-23-32(46)24-20-28/h7-24,33-34,37-38,45-46H,25-26H2,1-6H3,(H,43,49)(H,44,50)/t33-,34-,37?,38?/m0/s1. The Morgan fingerprint density at radius 1 is 0.528 bits per heavy atom. The molecule has 0 aliphatic heterocycles. The number of amides is 2. The summed E-state index contributed by atoms with van der Waals surface area (Å²) in [5.74, 6) is -1.07. The molecule has 4 aromatic rings. The molecule has 0 saturated heterocycles. The van der Waals surface area contributed by atoms with Gasteiger partial charge in [-0.15, -0.1) is 0 Å². The van der Waals surface area contributed by atoms with Gasteiger partial charge in [0.2, 0.25) is 0 Å². The number of aromatic hydroxyl groups is 2. The Balaban J connectivity index is 1.78. The Labute approximate surface area is 310 Å². The van der Waals surface area contributed by atoms with Crippen LogP contribution in [0.2, 0.25) is 0 Å². The summed E-state index contributed by atoms with van der Waals surface area (Å²) in [5.41, 5.74) is 0.394. The molecule has 2 unspecified atom stereocenters. The fourth-order valence-electron chi connectivity index (χ4n) is 5.46. The van der Waals surface area contributed by atoms with Crippen LogP contribution in [0.1, 0.15) is 76.0 Å². The number of alkyl carbamates (subject to hydrolysis) is 2. The van der Waals surface area contributed by atoms with Crippen molar-refractivity contribution in [1.29, 1.82) is 0 Å². The quantitative estimate of drug-likeness (QED) is 0.105. The van der Waals surface area contributed by atoms with Gasteiger partial charge in [-0.1, -0.05) is 84.9 Å². The van der Waals surface area contributed by atoms with Crippen molar-refractivity contribution < 1.29 is 43.6 Å². The Hall–Kier alpha value is -5.68. The second-order valence-electron chi connectivity index (χ2n) is 14.7. The molecule has 11 nitrogen and oxygen atoms in total. The van der Waals surface area contributed by atoms with E-state index in [1.165, 1.54) is 24.3 Å². The van der Waals surface area contributed by atoms with Crippen molar-refractivity contribution in [2.75, 3.05) is 0 Å². The molecule has 0 radical (unpaired) electrons. The lowest BCUT2D eigenvalue weighted by molar-refractivity contribution is -0.147. The number of phenols is 2. The van der Waals surface area contributed by atoms with Crippen LogP contribution in [0.5, 0.6) is 11.5 Å². The van der Waals surface area contributed by atoms with Gasteiger partial charge in [0.1, 0.15) is 34.9 Å². The van der Waals surface area contributed by atoms with Crippen LogP contribution in [0, 0.1) is 0 Å². The maximum atomic E-state index is 14.8. The molecule has 53 heavy (non-hydrogen) atoms. The van der Waals surface area contributed by atoms with E-state index < -0.39 is 59.2 Å². The third-order valence-corrected chi connectivity index (χ3v) is 7.81. The summed E-state index contributed by atoms with van der Waals surface area (Å²) in [6.07, 6.45) is -4.41. The van der Waals surface area contributed by atoms with Crippen molar-refractivity contribution in [1.82, 2.24) is 10.6 Å². The minimum Gasteiger partial charge on any atom is -0.508 e. The SMILES string of the molecule is CC(C)(C)OC(=O)N[C@@H](Cc1ccc(O)cc1)C(=O)C(OC(C(=O)[C@H](Cc1ccc(O)cc1)NC(=O)OC(C)(C)C)c1ccccc1)c1ccccc1. The molecule has 4 atom stereocenters. The van der Waals surface area contributed by atoms with Gasteiger partial charge in [-0.25, -0.2) is 9.59 Å². The van der Waals surface area contributed by atoms with Crippen molar-refractivity contribution in [3.63, 3.8) is 0 Å². The maximum absolute atomic E-state index is 14.8. The molecule has 4 rings (SSSR count). The normalized spacial score (nSPS) is 13.8. The van der Waals surface area contributed by atoms with Crippen molar-refractivity contribution in [2.45, 2.75) is 89.9 Å². The van der Waals surface area contributed by atoms with Crippen LogP contribution in [0.3, 0.4) is 0 Å². The summed E-state index contributed by atoms with van der Waals surface area (Å²) in [6, 6.07) is 27.3. The van der Waals surface area contributed by atoms with Gasteiger partial charge < -0.3 is 35.1 Å². The average molecular weight is 725 g/mol. The molecular weight excluding hydrogens is 676 g/mol. The zero-order valence-corrected chi connectivity index (χ0v) is 30.9. The molecule has 0 aliphatic carbocycles. The first kappa shape index (κ1) is 40.1. The Kier molecular flexibility index (Phi) is 13.4. The first-order valence-corrected chi connectivity index (χ1v) is 17.3. The number of carbonyl (C=O) groups is 4. The highest BCUT2D eigenvalue weighted by atomic mass is 16.6. The summed E-state index contributed by atoms with van der Waals surface area (Å²) in [6.45, 7) is 10.2. The average Bonchev–Trinajstić information content (AvgIpc) is 3.08. The molecule has 0 heterocycles. The van der Waals surface area contributed by atoms with Gasteiger partial charge in [0, 0.05) is 0 Å². The number of nitrogens with one attached hydrogen (secondary N) is 2. The number of ketones is 2. The number of benzene rings is 4. The van der Waals surface area contributed by atoms with Gasteiger partial charge >= 0.3 is 12.2 Å². The summed E-state index contributed by atoms with van der Waals surface area (Å²) in [5, 5.41) is 25.2. The predicted octanol–water partition coefficient (Wildman–Crippen LogP) is 7.31. The van der Waals surface area contributed by atoms with Gasteiger partial charge in [-0.2, -0.15) is 0 Å². The monoisotopic (exact) mass is 724 g/mol. The smallest absolute Gasteiger partial charge is 0.408 e. The third-order valence-electron chi connectivity index (χ3n) is 7.81. The number of hydrogen-bond acceptors (Lipinski definition) is 9. The van der Waals surface area contributed by atoms with Gasteiger partial charge in [0.05, 0.1) is 12.1 Å². The van der Waals surface area contributed by atoms with Crippen LogP contribution >= 0.6 is 0 Å². The molecule has 2 amide bonds. The molecule has 0 aliphatic rings. The number of phenolic OH excluding ortho intramolecular Hbond substituents is 2. The second kappa shape index (κ2) is 17.7. The van der Waals surface area contributed by atoms with E-state index in [0.717, 1.165) is 0 Å². The van der Waals surface area contributed by atoms with E-state index in [1.54, 1.807) is 126 Å². The fourth-order valence-corrected chi connectivity index (χ4v) is 5.46. The number of ether oxygens (including phenoxy) is 3. The fraction of sp³-hybridized carbons (Fsp3) is 0.333. The van der Waals surface area contributed by atoms with E-state index in [0.29, 0.717) is 22.3 Å². The van der Waals surface area contributed by atoms with E-state index in [4.69, 9.17) is 14.2 Å². The van der Waals surface area contributed by atoms with Gasteiger partial charge in [-0.05, 0) is 101 Å². The molecule has 0 fully saturated rings. The lowest BCUT2D eigenvalue weighted by Crippen LogP contribution is -2.48. The van der Waals surface area contributed by atoms with Crippen LogP contribution in [0.15, 0.2) is 109 Å². The van der Waals surface area contributed by atoms with Crippen LogP contribution in [-0.4, -0.2) is 57.3 Å². The number of carbonyl (C=O) groups excluding carboxylic acids is 4. The summed E-state index contributed by atoms with van der Waals surface area (Å²) >= 11 is 0. The van der Waals surface area contributed by atoms with E-state index in [2.05, 4.69) is 10.6 Å². The zero-order valence-electron chi connectivity index (χ0n) is 30.9. The molecule has 0 bridgehead atoms. The highest BCUT2D eigenvalue weighted by molar-refractivity contribution is 5.94. The lowest BCUT2D eigenvalue weighted by atomic mass is 9.93. The van der Waals surface area contributed by atoms with Crippen molar-refractivity contribution >= 4 is 23.8 Å². The van der Waals surface area contributed by atoms with E-state index >= 15 is 0 Å². The zero-order chi connectivity index (χ0) is 38.8. The van der Waals surface area contributed by atoms with Crippen LogP contribution in [0.4, 0.5) is 9.59 Å². The minimum absolute atomic E-state index is 0.0126. The summed E-state index contributed by atoms with van der Waals surface area (Å²) < 4.78 is 17.6. The minimum atomic E-state index is -1.39. The van der Waals surface area contributed by atoms with E-state index in [-0.39, 0.29) is 24.3 Å². The molecule has 0 saturated carbocycles. The number of Topliss-reactive ketones (excluding diaryl/α,β-unsaturated/α-hetero) is 2. The van der Waals surface area contributed by atoms with E-state index in [1.807, 2.05) is 0 Å². The molecule has 4 aromatic carbocycles. The highest BCUT2D eigenvalue weighted by Crippen LogP contribution is 2.32. The maximum Gasteiger partial charge on any atom is 0.408 e. The van der Waals surface area contributed by atoms with Crippen molar-refractivity contribution in [3.8, 4) is 11.5 Å². The first-order valence-electron chi connectivity index (χ1n) is 17.3. The van der Waals surface area contributed by atoms with Gasteiger partial charge in [0.25, 0.3) is 0 Å². The third kappa shape index (κ3) is 12.8. The highest BCUT2D eigenvalue weighted by Gasteiger charge is 2.38. The number of hydrogen-bond donors (Lipinski definition) is 4. The lowest BCUT2D eigenvalue weighted by Gasteiger charge is -2.30. The topological polar surface area (TPSA) is 160 Å². The Bertz CT molecular complexity index is 1680. The molecule has 280 valence electrons. The van der Waals surface area contributed by atoms with Crippen molar-refractivity contribution in [3.05, 3.63) is 131 Å². The van der Waals surface area contributed by atoms with Crippen LogP contribution in [0.25, 0.3) is 0 Å². The largest absolute Gasteiger partial charge is 0.508 e. The summed E-state index contributed by atoms with van der Waals surface area (Å²) in [4.78, 5) is 55.8. The van der Waals surface area contributed by atoms with Crippen LogP contribution in [-0.2, 0) is 36.6 Å². The number of rotatable bonds is 14. The predicted molar refractivity (Wildman–Crippen MR) is 199 cm³/mol. The Morgan fingerprint density at radius 3 is 1.15 bits per heavy atom. The van der Waals surface area contributed by atoms with Crippen LogP contribution < -0.4 is 10.6 Å². The molecule has 0 spiro atoms. The van der Waals surface area contributed by atoms with Crippen molar-refractivity contribution in [2.24, 2.45) is 0 Å². The van der Waals surface area contributed by atoms with E-state index in [9.17, 15) is 29.4 Å². The molecular formula is C42H48N2O9. The second-order valence-corrected chi connectivity index (χ2v) is 14.7. The Morgan fingerprint density at radius 2 is 0.849 bits per heavy atom. The molecule has 11 heteroatoms. The summed E-state index contributed by atoms with van der Waals surface area (Å²) in [7, 11) is 0. The first-order chi connectivity index (χ1) is 25.0. The van der Waals surface area contributed by atoms with Gasteiger partial charge in [-0.3, -0.25) is 9.59 Å². The molecule has 4 N–H and O–H groups in total. The molecule has 0 aromatic heterocycles.